The molecule has 1 aliphatic rings. The molecule has 5 rings (SSSR count). The third-order valence-corrected chi connectivity index (χ3v) is 7.56. The van der Waals surface area contributed by atoms with E-state index < -0.39 is 23.3 Å². The van der Waals surface area contributed by atoms with E-state index in [1.165, 1.54) is 0 Å². The predicted octanol–water partition coefficient (Wildman–Crippen LogP) is 7.08. The summed E-state index contributed by atoms with van der Waals surface area (Å²) in [5.74, 6) is 0. The smallest absolute Gasteiger partial charge is 0.141 e. The number of ether oxygens (including phenoxy) is 5. The summed E-state index contributed by atoms with van der Waals surface area (Å²) in [6.45, 7) is 2.13. The van der Waals surface area contributed by atoms with E-state index in [9.17, 15) is 0 Å². The van der Waals surface area contributed by atoms with Crippen LogP contribution in [0.1, 0.15) is 22.3 Å². The second kappa shape index (κ2) is 15.2. The molecule has 4 aromatic rings. The molecule has 40 heavy (non-hydrogen) atoms. The van der Waals surface area contributed by atoms with E-state index in [2.05, 4.69) is 64.5 Å². The van der Waals surface area contributed by atoms with Crippen LogP contribution in [0.2, 0.25) is 0 Å². The summed E-state index contributed by atoms with van der Waals surface area (Å²) in [5, 5.41) is -0.404. The maximum Gasteiger partial charge on any atom is 0.141 e. The van der Waals surface area contributed by atoms with Gasteiger partial charge in [0, 0.05) is 0 Å². The summed E-state index contributed by atoms with van der Waals surface area (Å²) in [6.07, 6.45) is -1.60. The van der Waals surface area contributed by atoms with Gasteiger partial charge in [0.15, 0.2) is 0 Å². The van der Waals surface area contributed by atoms with E-state index in [0.29, 0.717) is 33.0 Å². The van der Waals surface area contributed by atoms with Gasteiger partial charge in [-0.25, -0.2) is 0 Å². The fourth-order valence-corrected chi connectivity index (χ4v) is 5.46. The molecule has 0 amide bonds. The second-order valence-electron chi connectivity index (χ2n) is 9.81. The minimum atomic E-state index is -0.422. The molecule has 1 aliphatic heterocycles. The van der Waals surface area contributed by atoms with Gasteiger partial charge in [0.1, 0.15) is 29.4 Å². The number of benzene rings is 4. The molecule has 1 unspecified atom stereocenters. The van der Waals surface area contributed by atoms with Gasteiger partial charge in [-0.2, -0.15) is 0 Å². The standard InChI is InChI=1S/C34H35BrO5/c35-34-33(39-24-29-19-11-4-12-20-29)32(38-23-28-17-9-3-10-18-28)31(37-22-27-15-7-2-8-16-27)30(40-34)25-36-21-26-13-5-1-6-14-26/h1-20,30-34H,21-25H2/t30-,31+,32+,33-,34?/m1/s1. The van der Waals surface area contributed by atoms with Gasteiger partial charge in [-0.05, 0) is 22.3 Å². The van der Waals surface area contributed by atoms with Crippen molar-refractivity contribution in [3.8, 4) is 0 Å². The molecular formula is C34H35BrO5. The molecular weight excluding hydrogens is 568 g/mol. The van der Waals surface area contributed by atoms with Crippen LogP contribution in [-0.4, -0.2) is 36.0 Å². The van der Waals surface area contributed by atoms with Crippen molar-refractivity contribution in [3.05, 3.63) is 144 Å². The molecule has 1 saturated heterocycles. The van der Waals surface area contributed by atoms with Crippen molar-refractivity contribution in [1.29, 1.82) is 0 Å². The summed E-state index contributed by atoms with van der Waals surface area (Å²) in [4.78, 5) is 0. The highest BCUT2D eigenvalue weighted by Crippen LogP contribution is 2.33. The lowest BCUT2D eigenvalue weighted by Gasteiger charge is -2.44. The Morgan fingerprint density at radius 1 is 0.475 bits per heavy atom. The minimum Gasteiger partial charge on any atom is -0.374 e. The average molecular weight is 604 g/mol. The van der Waals surface area contributed by atoms with Crippen molar-refractivity contribution in [2.45, 2.75) is 55.9 Å². The van der Waals surface area contributed by atoms with Gasteiger partial charge in [0.2, 0.25) is 0 Å². The number of hydrogen-bond donors (Lipinski definition) is 0. The maximum atomic E-state index is 6.62. The zero-order valence-corrected chi connectivity index (χ0v) is 24.0. The van der Waals surface area contributed by atoms with Gasteiger partial charge in [-0.1, -0.05) is 137 Å². The van der Waals surface area contributed by atoms with Crippen LogP contribution in [0.25, 0.3) is 0 Å². The Kier molecular flexibility index (Phi) is 10.9. The first-order valence-corrected chi connectivity index (χ1v) is 14.6. The van der Waals surface area contributed by atoms with E-state index in [4.69, 9.17) is 23.7 Å². The van der Waals surface area contributed by atoms with Crippen LogP contribution in [-0.2, 0) is 50.1 Å². The third-order valence-electron chi connectivity index (χ3n) is 6.83. The van der Waals surface area contributed by atoms with Crippen LogP contribution in [0.4, 0.5) is 0 Å². The molecule has 0 saturated carbocycles. The molecule has 0 spiro atoms. The molecule has 1 heterocycles. The molecule has 0 aromatic heterocycles. The van der Waals surface area contributed by atoms with Gasteiger partial charge in [-0.15, -0.1) is 0 Å². The Bertz CT molecular complexity index is 1240. The lowest BCUT2D eigenvalue weighted by atomic mass is 9.99. The molecule has 1 fully saturated rings. The molecule has 6 heteroatoms. The maximum absolute atomic E-state index is 6.62. The Hall–Kier alpha value is -2.84. The molecule has 5 atom stereocenters. The molecule has 0 N–H and O–H groups in total. The fourth-order valence-electron chi connectivity index (χ4n) is 4.73. The average Bonchev–Trinajstić information content (AvgIpc) is 3.01. The Morgan fingerprint density at radius 3 is 1.30 bits per heavy atom. The highest BCUT2D eigenvalue weighted by atomic mass is 79.9. The number of rotatable bonds is 13. The first-order valence-electron chi connectivity index (χ1n) is 13.6. The Balaban J connectivity index is 1.36. The van der Waals surface area contributed by atoms with Gasteiger partial charge in [0.05, 0.1) is 33.0 Å². The summed E-state index contributed by atoms with van der Waals surface area (Å²) in [5.41, 5.74) is 4.35. The minimum absolute atomic E-state index is 0.354. The second-order valence-corrected chi connectivity index (χ2v) is 10.7. The van der Waals surface area contributed by atoms with Crippen LogP contribution in [0.5, 0.6) is 0 Å². The van der Waals surface area contributed by atoms with E-state index >= 15 is 0 Å². The topological polar surface area (TPSA) is 46.2 Å². The SMILES string of the molecule is BrC1O[C@H](COCc2ccccc2)[C@H](OCc2ccccc2)[C@H](OCc2ccccc2)[C@H]1OCc1ccccc1. The van der Waals surface area contributed by atoms with E-state index in [0.717, 1.165) is 22.3 Å². The zero-order valence-electron chi connectivity index (χ0n) is 22.4. The molecule has 5 nitrogen and oxygen atoms in total. The third kappa shape index (κ3) is 8.33. The highest BCUT2D eigenvalue weighted by Gasteiger charge is 2.47. The van der Waals surface area contributed by atoms with Crippen LogP contribution < -0.4 is 0 Å². The van der Waals surface area contributed by atoms with Crippen LogP contribution >= 0.6 is 15.9 Å². The molecule has 0 bridgehead atoms. The van der Waals surface area contributed by atoms with Crippen molar-refractivity contribution in [1.82, 2.24) is 0 Å². The Labute approximate surface area is 245 Å². The molecule has 4 aromatic carbocycles. The van der Waals surface area contributed by atoms with Gasteiger partial charge in [0.25, 0.3) is 0 Å². The van der Waals surface area contributed by atoms with Crippen molar-refractivity contribution in [3.63, 3.8) is 0 Å². The first kappa shape index (κ1) is 28.7. The fraction of sp³-hybridized carbons (Fsp3) is 0.294. The summed E-state index contributed by atoms with van der Waals surface area (Å²) < 4.78 is 32.3. The highest BCUT2D eigenvalue weighted by molar-refractivity contribution is 9.09. The monoisotopic (exact) mass is 602 g/mol. The van der Waals surface area contributed by atoms with Crippen molar-refractivity contribution in [2.24, 2.45) is 0 Å². The van der Waals surface area contributed by atoms with E-state index in [1.807, 2.05) is 72.8 Å². The van der Waals surface area contributed by atoms with Gasteiger partial charge < -0.3 is 23.7 Å². The van der Waals surface area contributed by atoms with Crippen LogP contribution in [0.3, 0.4) is 0 Å². The molecule has 0 aliphatic carbocycles. The quantitative estimate of drug-likeness (QED) is 0.153. The normalized spacial score (nSPS) is 22.7. The van der Waals surface area contributed by atoms with Crippen molar-refractivity contribution < 1.29 is 23.7 Å². The first-order chi connectivity index (χ1) is 19.8. The van der Waals surface area contributed by atoms with Crippen LogP contribution in [0, 0.1) is 0 Å². The summed E-state index contributed by atoms with van der Waals surface area (Å²) >= 11 is 3.76. The van der Waals surface area contributed by atoms with Crippen LogP contribution in [0.15, 0.2) is 121 Å². The summed E-state index contributed by atoms with van der Waals surface area (Å²) in [7, 11) is 0. The van der Waals surface area contributed by atoms with E-state index in [1.54, 1.807) is 0 Å². The van der Waals surface area contributed by atoms with Gasteiger partial charge in [-0.3, -0.25) is 0 Å². The molecule has 0 radical (unpaired) electrons. The largest absolute Gasteiger partial charge is 0.374 e. The number of halogens is 1. The number of alkyl halides is 1. The van der Waals surface area contributed by atoms with E-state index in [-0.39, 0.29) is 6.10 Å². The molecule has 208 valence electrons. The van der Waals surface area contributed by atoms with Crippen molar-refractivity contribution >= 4 is 15.9 Å². The summed E-state index contributed by atoms with van der Waals surface area (Å²) in [6, 6.07) is 40.6. The predicted molar refractivity (Wildman–Crippen MR) is 159 cm³/mol. The number of hydrogen-bond acceptors (Lipinski definition) is 5. The zero-order chi connectivity index (χ0) is 27.4. The lowest BCUT2D eigenvalue weighted by Crippen LogP contribution is -2.59. The lowest BCUT2D eigenvalue weighted by molar-refractivity contribution is -0.253. The van der Waals surface area contributed by atoms with Gasteiger partial charge >= 0.3 is 0 Å². The Morgan fingerprint density at radius 2 is 0.850 bits per heavy atom. The van der Waals surface area contributed by atoms with Crippen molar-refractivity contribution in [2.75, 3.05) is 6.61 Å².